The lowest BCUT2D eigenvalue weighted by Crippen LogP contribution is -2.29. The van der Waals surface area contributed by atoms with Crippen LogP contribution in [0.15, 0.2) is 152 Å². The number of hydrogen-bond acceptors (Lipinski definition) is 1. The van der Waals surface area contributed by atoms with Crippen molar-refractivity contribution in [3.63, 3.8) is 0 Å². The van der Waals surface area contributed by atoms with Gasteiger partial charge in [-0.1, -0.05) is 133 Å². The molecule has 0 bridgehead atoms. The van der Waals surface area contributed by atoms with Crippen LogP contribution in [0, 0.1) is 0 Å². The van der Waals surface area contributed by atoms with Gasteiger partial charge in [0, 0.05) is 17.4 Å². The van der Waals surface area contributed by atoms with Gasteiger partial charge in [0.05, 0.1) is 5.41 Å². The Morgan fingerprint density at radius 2 is 1.23 bits per heavy atom. The standard InChI is InChI=1S/C42H31N/c1-28-26-30-13-9-11-19-40(30)43(28)33-21-23-37-39(27-33)42(31-14-4-2-5-15-31,32-16-6-3-7-17-32)38-25-24-35-34-18-10-8-12-29(34)20-22-36(35)41(37)38/h2-25,27-28H,26H2,1H3. The summed E-state index contributed by atoms with van der Waals surface area (Å²) in [6, 6.07) is 57.0. The average Bonchev–Trinajstić information content (AvgIpc) is 3.57. The molecule has 0 spiro atoms. The number of benzene rings is 7. The zero-order valence-corrected chi connectivity index (χ0v) is 24.2. The van der Waals surface area contributed by atoms with E-state index in [4.69, 9.17) is 0 Å². The second kappa shape index (κ2) is 9.18. The fourth-order valence-corrected chi connectivity index (χ4v) is 8.17. The Balaban J connectivity index is 1.41. The van der Waals surface area contributed by atoms with E-state index in [0.717, 1.165) is 6.42 Å². The Kier molecular flexibility index (Phi) is 5.22. The molecular weight excluding hydrogens is 518 g/mol. The molecule has 0 aromatic heterocycles. The Morgan fingerprint density at radius 3 is 2.02 bits per heavy atom. The van der Waals surface area contributed by atoms with Gasteiger partial charge in [-0.25, -0.2) is 0 Å². The van der Waals surface area contributed by atoms with Gasteiger partial charge in [-0.2, -0.15) is 0 Å². The second-order valence-electron chi connectivity index (χ2n) is 12.1. The molecule has 1 unspecified atom stereocenters. The summed E-state index contributed by atoms with van der Waals surface area (Å²) >= 11 is 0. The molecule has 1 atom stereocenters. The lowest BCUT2D eigenvalue weighted by Gasteiger charge is -2.35. The van der Waals surface area contributed by atoms with E-state index < -0.39 is 5.41 Å². The van der Waals surface area contributed by atoms with Crippen molar-refractivity contribution < 1.29 is 0 Å². The molecule has 9 rings (SSSR count). The minimum Gasteiger partial charge on any atom is -0.338 e. The maximum Gasteiger partial charge on any atom is 0.0714 e. The number of rotatable bonds is 3. The van der Waals surface area contributed by atoms with Crippen LogP contribution >= 0.6 is 0 Å². The number of nitrogens with zero attached hydrogens (tertiary/aromatic N) is 1. The predicted molar refractivity (Wildman–Crippen MR) is 181 cm³/mol. The number of anilines is 2. The van der Waals surface area contributed by atoms with E-state index in [1.807, 2.05) is 0 Å². The lowest BCUT2D eigenvalue weighted by molar-refractivity contribution is 0.750. The molecule has 1 nitrogen and oxygen atoms in total. The number of para-hydroxylation sites is 1. The summed E-state index contributed by atoms with van der Waals surface area (Å²) in [7, 11) is 0. The van der Waals surface area contributed by atoms with Crippen LogP contribution in [0.2, 0.25) is 0 Å². The first-order chi connectivity index (χ1) is 21.2. The molecule has 7 aromatic rings. The van der Waals surface area contributed by atoms with E-state index in [1.165, 1.54) is 71.9 Å². The Morgan fingerprint density at radius 1 is 0.558 bits per heavy atom. The third-order valence-corrected chi connectivity index (χ3v) is 9.91. The molecular formula is C42H31N. The smallest absolute Gasteiger partial charge is 0.0714 e. The van der Waals surface area contributed by atoms with Crippen LogP contribution in [-0.4, -0.2) is 6.04 Å². The fourth-order valence-electron chi connectivity index (χ4n) is 8.17. The first-order valence-electron chi connectivity index (χ1n) is 15.3. The molecule has 204 valence electrons. The van der Waals surface area contributed by atoms with Crippen molar-refractivity contribution in [1.29, 1.82) is 0 Å². The fraction of sp³-hybridized carbons (Fsp3) is 0.0952. The van der Waals surface area contributed by atoms with Gasteiger partial charge >= 0.3 is 0 Å². The predicted octanol–water partition coefficient (Wildman–Crippen LogP) is 10.4. The molecule has 7 aromatic carbocycles. The van der Waals surface area contributed by atoms with E-state index in [-0.39, 0.29) is 0 Å². The van der Waals surface area contributed by atoms with Crippen molar-refractivity contribution in [2.45, 2.75) is 24.8 Å². The molecule has 0 amide bonds. The van der Waals surface area contributed by atoms with E-state index in [0.29, 0.717) is 6.04 Å². The van der Waals surface area contributed by atoms with E-state index in [1.54, 1.807) is 0 Å². The monoisotopic (exact) mass is 549 g/mol. The minimum absolute atomic E-state index is 0.397. The van der Waals surface area contributed by atoms with E-state index >= 15 is 0 Å². The molecule has 1 aliphatic carbocycles. The van der Waals surface area contributed by atoms with Crippen molar-refractivity contribution >= 4 is 32.9 Å². The zero-order valence-electron chi connectivity index (χ0n) is 24.2. The van der Waals surface area contributed by atoms with Crippen molar-refractivity contribution in [2.75, 3.05) is 4.90 Å². The summed E-state index contributed by atoms with van der Waals surface area (Å²) in [6.45, 7) is 2.35. The average molecular weight is 550 g/mol. The van der Waals surface area contributed by atoms with Crippen LogP contribution in [0.5, 0.6) is 0 Å². The van der Waals surface area contributed by atoms with Gasteiger partial charge in [0.15, 0.2) is 0 Å². The summed E-state index contributed by atoms with van der Waals surface area (Å²) in [5, 5.41) is 5.22. The minimum atomic E-state index is -0.439. The maximum absolute atomic E-state index is 2.55. The Labute approximate surface area is 252 Å². The van der Waals surface area contributed by atoms with Gasteiger partial charge in [0.1, 0.15) is 0 Å². The van der Waals surface area contributed by atoms with Gasteiger partial charge in [-0.3, -0.25) is 0 Å². The summed E-state index contributed by atoms with van der Waals surface area (Å²) in [5.41, 5.74) is 11.6. The Bertz CT molecular complexity index is 2140. The normalized spacial score (nSPS) is 16.3. The third-order valence-electron chi connectivity index (χ3n) is 9.91. The van der Waals surface area contributed by atoms with Crippen molar-refractivity contribution in [3.8, 4) is 11.1 Å². The van der Waals surface area contributed by atoms with Gasteiger partial charge < -0.3 is 4.90 Å². The van der Waals surface area contributed by atoms with E-state index in [2.05, 4.69) is 163 Å². The van der Waals surface area contributed by atoms with Gasteiger partial charge in [-0.15, -0.1) is 0 Å². The molecule has 0 fully saturated rings. The number of fused-ring (bicyclic) bond motifs is 8. The molecule has 0 radical (unpaired) electrons. The summed E-state index contributed by atoms with van der Waals surface area (Å²) in [5.74, 6) is 0. The highest BCUT2D eigenvalue weighted by Crippen LogP contribution is 2.59. The van der Waals surface area contributed by atoms with Crippen LogP contribution in [-0.2, 0) is 11.8 Å². The molecule has 1 aliphatic heterocycles. The largest absolute Gasteiger partial charge is 0.338 e. The first kappa shape index (κ1) is 24.5. The third kappa shape index (κ3) is 3.34. The summed E-state index contributed by atoms with van der Waals surface area (Å²) in [6.07, 6.45) is 1.06. The highest BCUT2D eigenvalue weighted by atomic mass is 15.2. The molecule has 2 aliphatic rings. The maximum atomic E-state index is 2.55. The highest BCUT2D eigenvalue weighted by molar-refractivity contribution is 6.14. The van der Waals surface area contributed by atoms with Crippen molar-refractivity contribution in [1.82, 2.24) is 0 Å². The molecule has 1 heterocycles. The quantitative estimate of drug-likeness (QED) is 0.198. The van der Waals surface area contributed by atoms with Gasteiger partial charge in [-0.05, 0) is 92.0 Å². The van der Waals surface area contributed by atoms with Crippen LogP contribution in [0.4, 0.5) is 11.4 Å². The summed E-state index contributed by atoms with van der Waals surface area (Å²) in [4.78, 5) is 2.55. The van der Waals surface area contributed by atoms with Gasteiger partial charge in [0.2, 0.25) is 0 Å². The second-order valence-corrected chi connectivity index (χ2v) is 12.1. The SMILES string of the molecule is CC1Cc2ccccc2N1c1ccc2c(c1)C(c1ccccc1)(c1ccccc1)c1ccc3c(ccc4ccccc43)c1-2. The van der Waals surface area contributed by atoms with Gasteiger partial charge in [0.25, 0.3) is 0 Å². The van der Waals surface area contributed by atoms with Crippen molar-refractivity contribution in [2.24, 2.45) is 0 Å². The molecule has 0 N–H and O–H groups in total. The van der Waals surface area contributed by atoms with Crippen LogP contribution in [0.25, 0.3) is 32.7 Å². The molecule has 0 saturated carbocycles. The number of hydrogen-bond donors (Lipinski definition) is 0. The Hall–Kier alpha value is -5.14. The van der Waals surface area contributed by atoms with Crippen molar-refractivity contribution in [3.05, 3.63) is 179 Å². The lowest BCUT2D eigenvalue weighted by atomic mass is 9.67. The van der Waals surface area contributed by atoms with Crippen LogP contribution < -0.4 is 4.90 Å². The van der Waals surface area contributed by atoms with Crippen LogP contribution in [0.1, 0.15) is 34.7 Å². The van der Waals surface area contributed by atoms with Crippen LogP contribution in [0.3, 0.4) is 0 Å². The first-order valence-corrected chi connectivity index (χ1v) is 15.3. The molecule has 1 heteroatoms. The van der Waals surface area contributed by atoms with E-state index in [9.17, 15) is 0 Å². The molecule has 43 heavy (non-hydrogen) atoms. The summed E-state index contributed by atoms with van der Waals surface area (Å²) < 4.78 is 0. The molecule has 0 saturated heterocycles. The topological polar surface area (TPSA) is 3.24 Å². The zero-order chi connectivity index (χ0) is 28.5. The highest BCUT2D eigenvalue weighted by Gasteiger charge is 2.47.